The molecule has 0 saturated heterocycles. The Morgan fingerprint density at radius 2 is 1.78 bits per heavy atom. The van der Waals surface area contributed by atoms with Gasteiger partial charge in [0.15, 0.2) is 0 Å². The Morgan fingerprint density at radius 3 is 2.13 bits per heavy atom. The standard InChI is InChI=1S/C17H29N3O3/c1-11(2)20-13(4)14(12(3)18-20)17(8,10-21)19(9)15(22)23-16(5,6)7/h10-11H,1-9H3. The van der Waals surface area contributed by atoms with Crippen LogP contribution in [0.1, 0.15) is 64.5 Å². The predicted octanol–water partition coefficient (Wildman–Crippen LogP) is 3.36. The maximum absolute atomic E-state index is 12.4. The van der Waals surface area contributed by atoms with Gasteiger partial charge in [0.25, 0.3) is 0 Å². The van der Waals surface area contributed by atoms with E-state index in [0.29, 0.717) is 0 Å². The number of nitrogens with zero attached hydrogens (tertiary/aromatic N) is 3. The topological polar surface area (TPSA) is 64.4 Å². The van der Waals surface area contributed by atoms with Gasteiger partial charge in [0, 0.05) is 24.3 Å². The molecule has 0 saturated carbocycles. The number of hydrogen-bond donors (Lipinski definition) is 0. The summed E-state index contributed by atoms with van der Waals surface area (Å²) in [7, 11) is 1.58. The molecular weight excluding hydrogens is 294 g/mol. The number of aryl methyl sites for hydroxylation is 1. The quantitative estimate of drug-likeness (QED) is 0.797. The number of carbonyl (C=O) groups excluding carboxylic acids is 2. The minimum absolute atomic E-state index is 0.171. The zero-order valence-corrected chi connectivity index (χ0v) is 15.7. The Morgan fingerprint density at radius 1 is 1.26 bits per heavy atom. The van der Waals surface area contributed by atoms with Crippen LogP contribution in [0.15, 0.2) is 0 Å². The number of ether oxygens (including phenoxy) is 1. The highest BCUT2D eigenvalue weighted by molar-refractivity contribution is 5.78. The monoisotopic (exact) mass is 323 g/mol. The molecular formula is C17H29N3O3. The van der Waals surface area contributed by atoms with Gasteiger partial charge in [-0.25, -0.2) is 4.79 Å². The molecule has 6 heteroatoms. The lowest BCUT2D eigenvalue weighted by Crippen LogP contribution is -2.48. The fraction of sp³-hybridized carbons (Fsp3) is 0.706. The first-order valence-corrected chi connectivity index (χ1v) is 7.84. The molecule has 1 unspecified atom stereocenters. The van der Waals surface area contributed by atoms with Crippen LogP contribution in [0.3, 0.4) is 0 Å². The molecule has 130 valence electrons. The second-order valence-corrected chi connectivity index (χ2v) is 7.39. The average Bonchev–Trinajstić information content (AvgIpc) is 2.71. The molecule has 0 spiro atoms. The zero-order chi connectivity index (χ0) is 18.2. The first kappa shape index (κ1) is 19.2. The number of amides is 1. The summed E-state index contributed by atoms with van der Waals surface area (Å²) in [5.74, 6) is 0. The van der Waals surface area contributed by atoms with E-state index in [9.17, 15) is 9.59 Å². The van der Waals surface area contributed by atoms with E-state index in [1.54, 1.807) is 34.7 Å². The van der Waals surface area contributed by atoms with Crippen LogP contribution >= 0.6 is 0 Å². The van der Waals surface area contributed by atoms with Gasteiger partial charge in [0.05, 0.1) is 5.69 Å². The van der Waals surface area contributed by atoms with Crippen molar-refractivity contribution in [1.82, 2.24) is 14.7 Å². The van der Waals surface area contributed by atoms with E-state index in [-0.39, 0.29) is 6.04 Å². The summed E-state index contributed by atoms with van der Waals surface area (Å²) < 4.78 is 7.27. The molecule has 1 heterocycles. The van der Waals surface area contributed by atoms with Gasteiger partial charge in [-0.05, 0) is 55.4 Å². The smallest absolute Gasteiger partial charge is 0.411 e. The van der Waals surface area contributed by atoms with Crippen LogP contribution < -0.4 is 0 Å². The molecule has 0 aromatic carbocycles. The Labute approximate surface area is 138 Å². The predicted molar refractivity (Wildman–Crippen MR) is 89.5 cm³/mol. The van der Waals surface area contributed by atoms with Crippen molar-refractivity contribution >= 4 is 12.4 Å². The molecule has 1 aromatic rings. The molecule has 1 aromatic heterocycles. The van der Waals surface area contributed by atoms with E-state index in [4.69, 9.17) is 4.74 Å². The number of likely N-dealkylation sites (N-methyl/N-ethyl adjacent to an activating group) is 1. The first-order chi connectivity index (χ1) is 10.3. The van der Waals surface area contributed by atoms with E-state index in [0.717, 1.165) is 23.2 Å². The summed E-state index contributed by atoms with van der Waals surface area (Å²) in [6.07, 6.45) is 0.238. The molecule has 0 radical (unpaired) electrons. The van der Waals surface area contributed by atoms with Crippen LogP contribution in [0, 0.1) is 13.8 Å². The number of hydrogen-bond acceptors (Lipinski definition) is 4. The lowest BCUT2D eigenvalue weighted by atomic mass is 9.90. The normalized spacial score (nSPS) is 14.5. The van der Waals surface area contributed by atoms with Crippen molar-refractivity contribution in [3.05, 3.63) is 17.0 Å². The summed E-state index contributed by atoms with van der Waals surface area (Å²) in [4.78, 5) is 25.7. The summed E-state index contributed by atoms with van der Waals surface area (Å²) in [5, 5.41) is 4.52. The zero-order valence-electron chi connectivity index (χ0n) is 15.7. The van der Waals surface area contributed by atoms with Crippen molar-refractivity contribution in [2.75, 3.05) is 7.05 Å². The summed E-state index contributed by atoms with van der Waals surface area (Å²) >= 11 is 0. The average molecular weight is 323 g/mol. The largest absolute Gasteiger partial charge is 0.444 e. The number of aldehydes is 1. The second-order valence-electron chi connectivity index (χ2n) is 7.39. The summed E-state index contributed by atoms with van der Waals surface area (Å²) in [5.41, 5.74) is 0.601. The fourth-order valence-electron chi connectivity index (χ4n) is 2.72. The Kier molecular flexibility index (Phi) is 5.29. The van der Waals surface area contributed by atoms with Crippen molar-refractivity contribution in [1.29, 1.82) is 0 Å². The van der Waals surface area contributed by atoms with Crippen LogP contribution in [0.25, 0.3) is 0 Å². The third-order valence-electron chi connectivity index (χ3n) is 3.91. The molecule has 1 amide bonds. The second kappa shape index (κ2) is 6.34. The van der Waals surface area contributed by atoms with Gasteiger partial charge in [0.1, 0.15) is 17.4 Å². The molecule has 0 aliphatic rings. The highest BCUT2D eigenvalue weighted by atomic mass is 16.6. The van der Waals surface area contributed by atoms with E-state index in [2.05, 4.69) is 5.10 Å². The van der Waals surface area contributed by atoms with Crippen LogP contribution in [-0.4, -0.2) is 39.7 Å². The molecule has 23 heavy (non-hydrogen) atoms. The van der Waals surface area contributed by atoms with Gasteiger partial charge >= 0.3 is 6.09 Å². The van der Waals surface area contributed by atoms with Crippen molar-refractivity contribution in [3.8, 4) is 0 Å². The highest BCUT2D eigenvalue weighted by Crippen LogP contribution is 2.32. The fourth-order valence-corrected chi connectivity index (χ4v) is 2.72. The first-order valence-electron chi connectivity index (χ1n) is 7.84. The third kappa shape index (κ3) is 3.74. The van der Waals surface area contributed by atoms with Crippen molar-refractivity contribution in [3.63, 3.8) is 0 Å². The Hall–Kier alpha value is -1.85. The number of rotatable bonds is 4. The van der Waals surface area contributed by atoms with Gasteiger partial charge in [-0.1, -0.05) is 0 Å². The third-order valence-corrected chi connectivity index (χ3v) is 3.91. The van der Waals surface area contributed by atoms with Gasteiger partial charge in [0.2, 0.25) is 0 Å². The minimum atomic E-state index is -1.14. The SMILES string of the molecule is Cc1nn(C(C)C)c(C)c1C(C)(C=O)N(C)C(=O)OC(C)(C)C. The minimum Gasteiger partial charge on any atom is -0.444 e. The van der Waals surface area contributed by atoms with Crippen LogP contribution in [-0.2, 0) is 15.1 Å². The lowest BCUT2D eigenvalue weighted by molar-refractivity contribution is -0.117. The number of aromatic nitrogens is 2. The summed E-state index contributed by atoms with van der Waals surface area (Å²) in [6, 6.07) is 0.171. The molecule has 6 nitrogen and oxygen atoms in total. The Balaban J connectivity index is 3.35. The highest BCUT2D eigenvalue weighted by Gasteiger charge is 2.40. The maximum Gasteiger partial charge on any atom is 0.411 e. The van der Waals surface area contributed by atoms with E-state index in [1.807, 2.05) is 32.4 Å². The maximum atomic E-state index is 12.4. The molecule has 1 atom stereocenters. The van der Waals surface area contributed by atoms with Gasteiger partial charge < -0.3 is 9.53 Å². The molecule has 0 aliphatic carbocycles. The molecule has 0 fully saturated rings. The van der Waals surface area contributed by atoms with Gasteiger partial charge in [-0.2, -0.15) is 5.10 Å². The van der Waals surface area contributed by atoms with E-state index < -0.39 is 17.2 Å². The van der Waals surface area contributed by atoms with Gasteiger partial charge in [-0.15, -0.1) is 0 Å². The van der Waals surface area contributed by atoms with Crippen molar-refractivity contribution in [2.45, 2.75) is 72.6 Å². The van der Waals surface area contributed by atoms with E-state index in [1.165, 1.54) is 4.90 Å². The Bertz CT molecular complexity index is 599. The number of carbonyl (C=O) groups is 2. The van der Waals surface area contributed by atoms with Gasteiger partial charge in [-0.3, -0.25) is 9.58 Å². The van der Waals surface area contributed by atoms with E-state index >= 15 is 0 Å². The van der Waals surface area contributed by atoms with Crippen LogP contribution in [0.5, 0.6) is 0 Å². The van der Waals surface area contributed by atoms with Crippen LogP contribution in [0.2, 0.25) is 0 Å². The summed E-state index contributed by atoms with van der Waals surface area (Å²) in [6.45, 7) is 14.9. The molecule has 0 aliphatic heterocycles. The molecule has 0 N–H and O–H groups in total. The van der Waals surface area contributed by atoms with Crippen LogP contribution in [0.4, 0.5) is 4.79 Å². The lowest BCUT2D eigenvalue weighted by Gasteiger charge is -2.36. The van der Waals surface area contributed by atoms with Crippen molar-refractivity contribution < 1.29 is 14.3 Å². The molecule has 1 rings (SSSR count). The van der Waals surface area contributed by atoms with Crippen molar-refractivity contribution in [2.24, 2.45) is 0 Å². The molecule has 0 bridgehead atoms.